The summed E-state index contributed by atoms with van der Waals surface area (Å²) in [6.07, 6.45) is 3.56. The molecule has 1 heterocycles. The van der Waals surface area contributed by atoms with Gasteiger partial charge in [-0.15, -0.1) is 0 Å². The first-order chi connectivity index (χ1) is 16.2. The highest BCUT2D eigenvalue weighted by atomic mass is 16.5. The summed E-state index contributed by atoms with van der Waals surface area (Å²) in [4.78, 5) is 4.62. The molecule has 3 heteroatoms. The maximum absolute atomic E-state index is 5.94. The van der Waals surface area contributed by atoms with E-state index in [0.717, 1.165) is 18.7 Å². The van der Waals surface area contributed by atoms with E-state index < -0.39 is 0 Å². The van der Waals surface area contributed by atoms with Crippen molar-refractivity contribution in [3.8, 4) is 5.75 Å². The molecule has 0 bridgehead atoms. The number of benzene rings is 3. The number of anilines is 1. The standard InChI is InChI=1S/C30H36N2O/c1-4-29(24-10-6-5-7-11-24)30(25-12-16-27(17-13-25)32-20-8-9-21-32)26-14-18-28(19-15-26)33-23-22-31(2)3/h5-7,10-19H,4,8-9,20-23H2,1-3H3/b30-29+. The molecule has 33 heavy (non-hydrogen) atoms. The van der Waals surface area contributed by atoms with E-state index in [2.05, 4.69) is 110 Å². The molecule has 1 saturated heterocycles. The van der Waals surface area contributed by atoms with Crippen molar-refractivity contribution in [3.05, 3.63) is 95.6 Å². The SMILES string of the molecule is CC/C(=C(\c1ccc(OCCN(C)C)cc1)c1ccc(N2CCCC2)cc1)c1ccccc1. The molecule has 1 aliphatic heterocycles. The molecule has 3 aromatic carbocycles. The van der Waals surface area contributed by atoms with Gasteiger partial charge in [0.25, 0.3) is 0 Å². The van der Waals surface area contributed by atoms with Crippen molar-refractivity contribution in [2.45, 2.75) is 26.2 Å². The zero-order valence-corrected chi connectivity index (χ0v) is 20.3. The number of likely N-dealkylation sites (N-methyl/N-ethyl adjacent to an activating group) is 1. The zero-order chi connectivity index (χ0) is 23.0. The van der Waals surface area contributed by atoms with Crippen molar-refractivity contribution >= 4 is 16.8 Å². The summed E-state index contributed by atoms with van der Waals surface area (Å²) < 4.78 is 5.94. The molecule has 172 valence electrons. The normalized spacial score (nSPS) is 14.5. The van der Waals surface area contributed by atoms with Crippen molar-refractivity contribution in [1.29, 1.82) is 0 Å². The summed E-state index contributed by atoms with van der Waals surface area (Å²) in [7, 11) is 4.13. The average Bonchev–Trinajstić information content (AvgIpc) is 3.39. The van der Waals surface area contributed by atoms with Crippen LogP contribution in [0.15, 0.2) is 78.9 Å². The highest BCUT2D eigenvalue weighted by molar-refractivity contribution is 5.98. The molecule has 1 fully saturated rings. The van der Waals surface area contributed by atoms with Crippen molar-refractivity contribution in [2.75, 3.05) is 45.2 Å². The summed E-state index contributed by atoms with van der Waals surface area (Å²) >= 11 is 0. The van der Waals surface area contributed by atoms with Crippen LogP contribution < -0.4 is 9.64 Å². The third kappa shape index (κ3) is 5.85. The largest absolute Gasteiger partial charge is 0.492 e. The molecular weight excluding hydrogens is 404 g/mol. The Hall–Kier alpha value is -3.04. The number of nitrogens with zero attached hydrogens (tertiary/aromatic N) is 2. The highest BCUT2D eigenvalue weighted by Gasteiger charge is 2.16. The lowest BCUT2D eigenvalue weighted by molar-refractivity contribution is 0.261. The number of hydrogen-bond donors (Lipinski definition) is 0. The van der Waals surface area contributed by atoms with Crippen LogP contribution in [0.1, 0.15) is 42.9 Å². The molecule has 1 aliphatic rings. The third-order valence-electron chi connectivity index (χ3n) is 6.35. The summed E-state index contributed by atoms with van der Waals surface area (Å²) in [5, 5.41) is 0. The Morgan fingerprint density at radius 2 is 1.39 bits per heavy atom. The second-order valence-electron chi connectivity index (χ2n) is 8.99. The van der Waals surface area contributed by atoms with E-state index in [0.29, 0.717) is 6.61 Å². The molecular formula is C30H36N2O. The van der Waals surface area contributed by atoms with Crippen LogP contribution >= 0.6 is 0 Å². The number of ether oxygens (including phenoxy) is 1. The van der Waals surface area contributed by atoms with Crippen molar-refractivity contribution in [2.24, 2.45) is 0 Å². The predicted octanol–water partition coefficient (Wildman–Crippen LogP) is 6.60. The van der Waals surface area contributed by atoms with Crippen LogP contribution in [0.3, 0.4) is 0 Å². The molecule has 0 saturated carbocycles. The lowest BCUT2D eigenvalue weighted by Crippen LogP contribution is -2.19. The quantitative estimate of drug-likeness (QED) is 0.349. The molecule has 3 nitrogen and oxygen atoms in total. The van der Waals surface area contributed by atoms with Gasteiger partial charge in [0.05, 0.1) is 0 Å². The fourth-order valence-corrected chi connectivity index (χ4v) is 4.56. The Kier molecular flexibility index (Phi) is 7.85. The molecule has 0 radical (unpaired) electrons. The van der Waals surface area contributed by atoms with Gasteiger partial charge >= 0.3 is 0 Å². The van der Waals surface area contributed by atoms with Gasteiger partial charge in [0, 0.05) is 25.3 Å². The Labute approximate surface area is 199 Å². The summed E-state index contributed by atoms with van der Waals surface area (Å²) in [6.45, 7) is 6.18. The Bertz CT molecular complexity index is 1030. The van der Waals surface area contributed by atoms with Crippen LogP contribution in [-0.4, -0.2) is 45.2 Å². The summed E-state index contributed by atoms with van der Waals surface area (Å²) in [5.41, 5.74) is 7.77. The van der Waals surface area contributed by atoms with Gasteiger partial charge in [-0.2, -0.15) is 0 Å². The molecule has 4 rings (SSSR count). The Balaban J connectivity index is 1.70. The second-order valence-corrected chi connectivity index (χ2v) is 8.99. The number of allylic oxidation sites excluding steroid dienone is 1. The van der Waals surface area contributed by atoms with Gasteiger partial charge < -0.3 is 14.5 Å². The van der Waals surface area contributed by atoms with Crippen LogP contribution in [0.4, 0.5) is 5.69 Å². The topological polar surface area (TPSA) is 15.7 Å². The molecule has 3 aromatic rings. The summed E-state index contributed by atoms with van der Waals surface area (Å²) in [6, 6.07) is 28.5. The van der Waals surface area contributed by atoms with Crippen molar-refractivity contribution in [1.82, 2.24) is 4.90 Å². The Morgan fingerprint density at radius 3 is 1.97 bits per heavy atom. The van der Waals surface area contributed by atoms with Gasteiger partial charge in [-0.1, -0.05) is 61.5 Å². The highest BCUT2D eigenvalue weighted by Crippen LogP contribution is 2.36. The molecule has 0 atom stereocenters. The van der Waals surface area contributed by atoms with E-state index in [1.54, 1.807) is 0 Å². The minimum atomic E-state index is 0.692. The first-order valence-electron chi connectivity index (χ1n) is 12.2. The van der Waals surface area contributed by atoms with Crippen molar-refractivity contribution in [3.63, 3.8) is 0 Å². The monoisotopic (exact) mass is 440 g/mol. The van der Waals surface area contributed by atoms with Gasteiger partial charge in [-0.3, -0.25) is 0 Å². The molecule has 0 spiro atoms. The first-order valence-corrected chi connectivity index (χ1v) is 12.2. The fraction of sp³-hybridized carbons (Fsp3) is 0.333. The van der Waals surface area contributed by atoms with Crippen LogP contribution in [0.25, 0.3) is 11.1 Å². The first kappa shape index (κ1) is 23.1. The lowest BCUT2D eigenvalue weighted by Gasteiger charge is -2.20. The van der Waals surface area contributed by atoms with E-state index in [1.807, 2.05) is 0 Å². The van der Waals surface area contributed by atoms with Crippen LogP contribution in [0.2, 0.25) is 0 Å². The third-order valence-corrected chi connectivity index (χ3v) is 6.35. The fourth-order valence-electron chi connectivity index (χ4n) is 4.56. The molecule has 0 aromatic heterocycles. The van der Waals surface area contributed by atoms with E-state index in [9.17, 15) is 0 Å². The number of hydrogen-bond acceptors (Lipinski definition) is 3. The molecule has 0 amide bonds. The van der Waals surface area contributed by atoms with Crippen LogP contribution in [0.5, 0.6) is 5.75 Å². The lowest BCUT2D eigenvalue weighted by atomic mass is 9.88. The van der Waals surface area contributed by atoms with Crippen LogP contribution in [0, 0.1) is 0 Å². The van der Waals surface area contributed by atoms with Gasteiger partial charge in [-0.25, -0.2) is 0 Å². The van der Waals surface area contributed by atoms with E-state index in [1.165, 1.54) is 59.5 Å². The minimum Gasteiger partial charge on any atom is -0.492 e. The smallest absolute Gasteiger partial charge is 0.119 e. The van der Waals surface area contributed by atoms with E-state index in [-0.39, 0.29) is 0 Å². The maximum atomic E-state index is 5.94. The van der Waals surface area contributed by atoms with Crippen molar-refractivity contribution < 1.29 is 4.74 Å². The van der Waals surface area contributed by atoms with Gasteiger partial charge in [-0.05, 0) is 85.5 Å². The van der Waals surface area contributed by atoms with E-state index in [4.69, 9.17) is 4.74 Å². The molecule has 0 N–H and O–H groups in total. The van der Waals surface area contributed by atoms with Crippen LogP contribution in [-0.2, 0) is 0 Å². The summed E-state index contributed by atoms with van der Waals surface area (Å²) in [5.74, 6) is 0.919. The van der Waals surface area contributed by atoms with E-state index >= 15 is 0 Å². The van der Waals surface area contributed by atoms with Gasteiger partial charge in [0.2, 0.25) is 0 Å². The molecule has 0 aliphatic carbocycles. The average molecular weight is 441 g/mol. The number of rotatable bonds is 9. The Morgan fingerprint density at radius 1 is 0.788 bits per heavy atom. The zero-order valence-electron chi connectivity index (χ0n) is 20.3. The molecule has 0 unspecified atom stereocenters. The minimum absolute atomic E-state index is 0.692. The maximum Gasteiger partial charge on any atom is 0.119 e. The predicted molar refractivity (Wildman–Crippen MR) is 141 cm³/mol. The van der Waals surface area contributed by atoms with Gasteiger partial charge in [0.1, 0.15) is 12.4 Å². The van der Waals surface area contributed by atoms with Gasteiger partial charge in [0.15, 0.2) is 0 Å². The second kappa shape index (κ2) is 11.2.